The minimum absolute atomic E-state index is 0.149. The van der Waals surface area contributed by atoms with Crippen molar-refractivity contribution in [3.63, 3.8) is 0 Å². The number of hydrogen-bond acceptors (Lipinski definition) is 4. The lowest BCUT2D eigenvalue weighted by atomic mass is 10.2. The SMILES string of the molecule is O=c1c2nc(-c3ccoc3)ccc2ncn1Cc1ccccc1. The summed E-state index contributed by atoms with van der Waals surface area (Å²) in [6.45, 7) is 0.472. The third-order valence-electron chi connectivity index (χ3n) is 3.69. The van der Waals surface area contributed by atoms with Crippen molar-refractivity contribution in [2.75, 3.05) is 0 Å². The van der Waals surface area contributed by atoms with Crippen molar-refractivity contribution in [3.05, 3.63) is 83.3 Å². The number of pyridine rings is 1. The predicted octanol–water partition coefficient (Wildman–Crippen LogP) is 3.10. The van der Waals surface area contributed by atoms with Gasteiger partial charge in [0.05, 0.1) is 36.6 Å². The average molecular weight is 303 g/mol. The molecule has 4 aromatic rings. The number of rotatable bonds is 3. The van der Waals surface area contributed by atoms with Gasteiger partial charge in [0.2, 0.25) is 0 Å². The van der Waals surface area contributed by atoms with Crippen LogP contribution in [0.5, 0.6) is 0 Å². The molecule has 112 valence electrons. The van der Waals surface area contributed by atoms with E-state index >= 15 is 0 Å². The van der Waals surface area contributed by atoms with Crippen LogP contribution in [-0.2, 0) is 6.54 Å². The molecule has 5 heteroatoms. The molecule has 0 spiro atoms. The van der Waals surface area contributed by atoms with Gasteiger partial charge in [-0.3, -0.25) is 9.36 Å². The molecule has 1 aromatic carbocycles. The Morgan fingerprint density at radius 3 is 2.70 bits per heavy atom. The maximum atomic E-state index is 12.7. The molecule has 0 N–H and O–H groups in total. The van der Waals surface area contributed by atoms with Crippen LogP contribution in [0.15, 0.2) is 76.6 Å². The fourth-order valence-electron chi connectivity index (χ4n) is 2.50. The van der Waals surface area contributed by atoms with Crippen LogP contribution in [0.1, 0.15) is 5.56 Å². The van der Waals surface area contributed by atoms with E-state index < -0.39 is 0 Å². The monoisotopic (exact) mass is 303 g/mol. The maximum Gasteiger partial charge on any atom is 0.280 e. The highest BCUT2D eigenvalue weighted by Crippen LogP contribution is 2.18. The third-order valence-corrected chi connectivity index (χ3v) is 3.69. The second kappa shape index (κ2) is 5.53. The summed E-state index contributed by atoms with van der Waals surface area (Å²) in [4.78, 5) is 21.5. The van der Waals surface area contributed by atoms with Crippen LogP contribution in [0, 0.1) is 0 Å². The van der Waals surface area contributed by atoms with E-state index in [1.165, 1.54) is 0 Å². The fraction of sp³-hybridized carbons (Fsp3) is 0.0556. The number of hydrogen-bond donors (Lipinski definition) is 0. The van der Waals surface area contributed by atoms with Gasteiger partial charge in [-0.15, -0.1) is 0 Å². The summed E-state index contributed by atoms with van der Waals surface area (Å²) in [7, 11) is 0. The van der Waals surface area contributed by atoms with Crippen LogP contribution in [-0.4, -0.2) is 14.5 Å². The van der Waals surface area contributed by atoms with E-state index in [0.29, 0.717) is 23.3 Å². The van der Waals surface area contributed by atoms with Gasteiger partial charge in [-0.2, -0.15) is 0 Å². The van der Waals surface area contributed by atoms with E-state index in [0.717, 1.165) is 11.1 Å². The highest BCUT2D eigenvalue weighted by atomic mass is 16.3. The van der Waals surface area contributed by atoms with E-state index in [1.807, 2.05) is 42.5 Å². The molecular weight excluding hydrogens is 290 g/mol. The van der Waals surface area contributed by atoms with Crippen LogP contribution >= 0.6 is 0 Å². The normalized spacial score (nSPS) is 11.0. The Bertz CT molecular complexity index is 1010. The number of nitrogens with zero attached hydrogens (tertiary/aromatic N) is 3. The molecule has 5 nitrogen and oxygen atoms in total. The molecule has 0 aliphatic carbocycles. The van der Waals surface area contributed by atoms with Crippen molar-refractivity contribution >= 4 is 11.0 Å². The minimum atomic E-state index is -0.149. The molecule has 0 atom stereocenters. The first kappa shape index (κ1) is 13.5. The Labute approximate surface area is 131 Å². The van der Waals surface area contributed by atoms with Crippen LogP contribution in [0.3, 0.4) is 0 Å². The zero-order valence-electron chi connectivity index (χ0n) is 12.2. The van der Waals surface area contributed by atoms with Gasteiger partial charge in [0.15, 0.2) is 5.52 Å². The summed E-state index contributed by atoms with van der Waals surface area (Å²) in [6, 6.07) is 15.3. The minimum Gasteiger partial charge on any atom is -0.472 e. The standard InChI is InChI=1S/C18H13N3O2/c22-18-17-16(7-6-15(20-17)14-8-9-23-11-14)19-12-21(18)10-13-4-2-1-3-5-13/h1-9,11-12H,10H2. The Kier molecular flexibility index (Phi) is 3.24. The lowest BCUT2D eigenvalue weighted by Gasteiger charge is -2.07. The average Bonchev–Trinajstić information content (AvgIpc) is 3.13. The summed E-state index contributed by atoms with van der Waals surface area (Å²) in [6.07, 6.45) is 4.75. The van der Waals surface area contributed by atoms with Crippen LogP contribution in [0.2, 0.25) is 0 Å². The van der Waals surface area contributed by atoms with Crippen molar-refractivity contribution in [1.82, 2.24) is 14.5 Å². The van der Waals surface area contributed by atoms with Gasteiger partial charge in [-0.25, -0.2) is 9.97 Å². The van der Waals surface area contributed by atoms with Crippen molar-refractivity contribution in [1.29, 1.82) is 0 Å². The van der Waals surface area contributed by atoms with E-state index in [9.17, 15) is 4.79 Å². The molecule has 0 saturated carbocycles. The first-order chi connectivity index (χ1) is 11.3. The molecule has 3 heterocycles. The second-order valence-electron chi connectivity index (χ2n) is 5.24. The largest absolute Gasteiger partial charge is 0.472 e. The number of fused-ring (bicyclic) bond motifs is 1. The Morgan fingerprint density at radius 2 is 1.91 bits per heavy atom. The Hall–Kier alpha value is -3.21. The number of benzene rings is 1. The van der Waals surface area contributed by atoms with Gasteiger partial charge in [0, 0.05) is 5.56 Å². The van der Waals surface area contributed by atoms with Crippen LogP contribution in [0.4, 0.5) is 0 Å². The zero-order valence-corrected chi connectivity index (χ0v) is 12.2. The molecule has 0 aliphatic rings. The third kappa shape index (κ3) is 2.53. The highest BCUT2D eigenvalue weighted by Gasteiger charge is 2.09. The van der Waals surface area contributed by atoms with Crippen LogP contribution < -0.4 is 5.56 Å². The molecule has 0 saturated heterocycles. The number of aromatic nitrogens is 3. The number of furan rings is 1. The summed E-state index contributed by atoms with van der Waals surface area (Å²) >= 11 is 0. The van der Waals surface area contributed by atoms with E-state index in [1.54, 1.807) is 29.5 Å². The lowest BCUT2D eigenvalue weighted by Crippen LogP contribution is -2.22. The molecular formula is C18H13N3O2. The van der Waals surface area contributed by atoms with Crippen molar-refractivity contribution in [2.24, 2.45) is 0 Å². The molecule has 0 aliphatic heterocycles. The lowest BCUT2D eigenvalue weighted by molar-refractivity contribution is 0.568. The van der Waals surface area contributed by atoms with Gasteiger partial charge in [-0.05, 0) is 23.8 Å². The van der Waals surface area contributed by atoms with Crippen molar-refractivity contribution in [3.8, 4) is 11.3 Å². The van der Waals surface area contributed by atoms with Gasteiger partial charge < -0.3 is 4.42 Å². The molecule has 0 bridgehead atoms. The van der Waals surface area contributed by atoms with Gasteiger partial charge in [0.1, 0.15) is 0 Å². The predicted molar refractivity (Wildman–Crippen MR) is 87.0 cm³/mol. The highest BCUT2D eigenvalue weighted by molar-refractivity contribution is 5.76. The Morgan fingerprint density at radius 1 is 1.04 bits per heavy atom. The van der Waals surface area contributed by atoms with E-state index in [2.05, 4.69) is 9.97 Å². The molecule has 3 aromatic heterocycles. The maximum absolute atomic E-state index is 12.7. The summed E-state index contributed by atoms with van der Waals surface area (Å²) in [5.74, 6) is 0. The molecule has 0 amide bonds. The fourth-order valence-corrected chi connectivity index (χ4v) is 2.50. The molecule has 0 unspecified atom stereocenters. The van der Waals surface area contributed by atoms with E-state index in [-0.39, 0.29) is 5.56 Å². The molecule has 0 radical (unpaired) electrons. The topological polar surface area (TPSA) is 60.9 Å². The van der Waals surface area contributed by atoms with Crippen molar-refractivity contribution in [2.45, 2.75) is 6.54 Å². The first-order valence-electron chi connectivity index (χ1n) is 7.24. The quantitative estimate of drug-likeness (QED) is 0.583. The summed E-state index contributed by atoms with van der Waals surface area (Å²) < 4.78 is 6.65. The first-order valence-corrected chi connectivity index (χ1v) is 7.24. The van der Waals surface area contributed by atoms with Crippen LogP contribution in [0.25, 0.3) is 22.3 Å². The van der Waals surface area contributed by atoms with Gasteiger partial charge in [-0.1, -0.05) is 30.3 Å². The van der Waals surface area contributed by atoms with Gasteiger partial charge >= 0.3 is 0 Å². The molecule has 0 fully saturated rings. The second-order valence-corrected chi connectivity index (χ2v) is 5.24. The smallest absolute Gasteiger partial charge is 0.280 e. The molecule has 4 rings (SSSR count). The van der Waals surface area contributed by atoms with Gasteiger partial charge in [0.25, 0.3) is 5.56 Å². The zero-order chi connectivity index (χ0) is 15.6. The summed E-state index contributed by atoms with van der Waals surface area (Å²) in [5.41, 5.74) is 3.38. The summed E-state index contributed by atoms with van der Waals surface area (Å²) in [5, 5.41) is 0. The Balaban J connectivity index is 1.82. The van der Waals surface area contributed by atoms with E-state index in [4.69, 9.17) is 4.42 Å². The molecule has 23 heavy (non-hydrogen) atoms. The van der Waals surface area contributed by atoms with Crippen molar-refractivity contribution < 1.29 is 4.42 Å².